The highest BCUT2D eigenvalue weighted by Gasteiger charge is 2.43. The number of amides is 1. The summed E-state index contributed by atoms with van der Waals surface area (Å²) in [7, 11) is 0. The number of fused-ring (bicyclic) bond motifs is 1. The summed E-state index contributed by atoms with van der Waals surface area (Å²) in [5.41, 5.74) is 0.621. The number of ether oxygens (including phenoxy) is 3. The lowest BCUT2D eigenvalue weighted by molar-refractivity contribution is -0.286. The highest BCUT2D eigenvalue weighted by atomic mass is 35.5. The molecule has 1 aromatic rings. The molecule has 0 radical (unpaired) electrons. The van der Waals surface area contributed by atoms with Gasteiger partial charge in [0, 0.05) is 0 Å². The molecule has 0 saturated carbocycles. The number of alkyl carbamates (subject to hydrolysis) is 1. The van der Waals surface area contributed by atoms with Crippen LogP contribution in [0.5, 0.6) is 11.5 Å². The molecule has 1 N–H and O–H groups in total. The van der Waals surface area contributed by atoms with Gasteiger partial charge in [0.25, 0.3) is 0 Å². The molecule has 1 atom stereocenters. The zero-order valence-electron chi connectivity index (χ0n) is 8.81. The molecule has 0 aromatic heterocycles. The van der Waals surface area contributed by atoms with Crippen molar-refractivity contribution in [2.45, 2.75) is 12.3 Å². The minimum Gasteiger partial charge on any atom is -0.447 e. The molecule has 0 aliphatic carbocycles. The fourth-order valence-corrected chi connectivity index (χ4v) is 1.75. The molecule has 5 nitrogen and oxygen atoms in total. The first kappa shape index (κ1) is 12.7. The maximum Gasteiger partial charge on any atom is 0.586 e. The third kappa shape index (κ3) is 2.13. The Balaban J connectivity index is 0.00000120. The van der Waals surface area contributed by atoms with Crippen LogP contribution in [0.15, 0.2) is 18.2 Å². The molecule has 0 spiro atoms. The Hall–Kier alpha value is -1.76. The summed E-state index contributed by atoms with van der Waals surface area (Å²) in [6, 6.07) is 3.99. The predicted octanol–water partition coefficient (Wildman–Crippen LogP) is 2.21. The highest BCUT2D eigenvalue weighted by molar-refractivity contribution is 5.85. The van der Waals surface area contributed by atoms with Crippen LogP contribution in [0.4, 0.5) is 13.6 Å². The van der Waals surface area contributed by atoms with Gasteiger partial charge in [0.05, 0.1) is 6.04 Å². The molecule has 18 heavy (non-hydrogen) atoms. The Bertz CT molecular complexity index is 497. The van der Waals surface area contributed by atoms with Gasteiger partial charge in [-0.2, -0.15) is 0 Å². The zero-order chi connectivity index (χ0) is 12.0. The van der Waals surface area contributed by atoms with E-state index >= 15 is 0 Å². The van der Waals surface area contributed by atoms with Crippen LogP contribution in [0.3, 0.4) is 0 Å². The monoisotopic (exact) mass is 279 g/mol. The van der Waals surface area contributed by atoms with E-state index < -0.39 is 12.4 Å². The van der Waals surface area contributed by atoms with E-state index in [4.69, 9.17) is 4.74 Å². The summed E-state index contributed by atoms with van der Waals surface area (Å²) in [5.74, 6) is -0.0716. The minimum absolute atomic E-state index is 0. The highest BCUT2D eigenvalue weighted by Crippen LogP contribution is 2.42. The van der Waals surface area contributed by atoms with Crippen LogP contribution < -0.4 is 14.8 Å². The van der Waals surface area contributed by atoms with Gasteiger partial charge in [0.1, 0.15) is 6.61 Å². The van der Waals surface area contributed by atoms with Crippen LogP contribution in [-0.2, 0) is 4.74 Å². The van der Waals surface area contributed by atoms with Crippen LogP contribution in [-0.4, -0.2) is 19.0 Å². The smallest absolute Gasteiger partial charge is 0.447 e. The Morgan fingerprint density at radius 2 is 2.00 bits per heavy atom. The van der Waals surface area contributed by atoms with Crippen LogP contribution in [0.1, 0.15) is 11.6 Å². The second-order valence-electron chi connectivity index (χ2n) is 3.67. The van der Waals surface area contributed by atoms with Gasteiger partial charge in [0.2, 0.25) is 0 Å². The van der Waals surface area contributed by atoms with E-state index in [0.717, 1.165) is 0 Å². The topological polar surface area (TPSA) is 56.8 Å². The largest absolute Gasteiger partial charge is 0.586 e. The van der Waals surface area contributed by atoms with E-state index in [-0.39, 0.29) is 36.6 Å². The predicted molar refractivity (Wildman–Crippen MR) is 57.1 cm³/mol. The minimum atomic E-state index is -3.63. The van der Waals surface area contributed by atoms with Gasteiger partial charge in [-0.15, -0.1) is 21.2 Å². The second kappa shape index (κ2) is 4.16. The Morgan fingerprint density at radius 3 is 2.67 bits per heavy atom. The van der Waals surface area contributed by atoms with Crippen LogP contribution in [0.2, 0.25) is 0 Å². The number of alkyl halides is 2. The summed E-state index contributed by atoms with van der Waals surface area (Å²) in [6.45, 7) is 0.162. The maximum atomic E-state index is 12.8. The van der Waals surface area contributed by atoms with E-state index in [1.807, 2.05) is 0 Å². The number of hydrogen-bond donors (Lipinski definition) is 1. The van der Waals surface area contributed by atoms with E-state index in [9.17, 15) is 13.6 Å². The van der Waals surface area contributed by atoms with E-state index in [1.165, 1.54) is 12.1 Å². The van der Waals surface area contributed by atoms with Crippen molar-refractivity contribution < 1.29 is 27.8 Å². The van der Waals surface area contributed by atoms with Gasteiger partial charge in [-0.3, -0.25) is 0 Å². The molecular weight excluding hydrogens is 272 g/mol. The molecular formula is C10H8ClF2NO4. The van der Waals surface area contributed by atoms with Gasteiger partial charge in [0.15, 0.2) is 11.5 Å². The first-order valence-corrected chi connectivity index (χ1v) is 4.87. The number of benzene rings is 1. The first-order valence-electron chi connectivity index (χ1n) is 4.87. The molecule has 0 bridgehead atoms. The van der Waals surface area contributed by atoms with Gasteiger partial charge in [-0.1, -0.05) is 6.07 Å². The maximum absolute atomic E-state index is 12.8. The third-order valence-corrected chi connectivity index (χ3v) is 2.50. The van der Waals surface area contributed by atoms with Crippen LogP contribution in [0, 0.1) is 0 Å². The molecule has 8 heteroatoms. The zero-order valence-corrected chi connectivity index (χ0v) is 9.63. The van der Waals surface area contributed by atoms with Crippen molar-refractivity contribution in [2.24, 2.45) is 0 Å². The van der Waals surface area contributed by atoms with E-state index in [1.54, 1.807) is 6.07 Å². The van der Waals surface area contributed by atoms with Gasteiger partial charge in [-0.05, 0) is 17.7 Å². The first-order chi connectivity index (χ1) is 8.03. The lowest BCUT2D eigenvalue weighted by Gasteiger charge is -2.07. The number of rotatable bonds is 1. The SMILES string of the molecule is Cl.O=C1N[C@H](c2ccc3c(c2)OC(F)(F)O3)CO1. The fraction of sp³-hybridized carbons (Fsp3) is 0.300. The second-order valence-corrected chi connectivity index (χ2v) is 3.67. The number of hydrogen-bond acceptors (Lipinski definition) is 4. The van der Waals surface area contributed by atoms with Crippen molar-refractivity contribution in [1.82, 2.24) is 5.32 Å². The molecule has 2 aliphatic rings. The van der Waals surface area contributed by atoms with Crippen molar-refractivity contribution in [3.63, 3.8) is 0 Å². The van der Waals surface area contributed by atoms with Crippen molar-refractivity contribution in [3.05, 3.63) is 23.8 Å². The summed E-state index contributed by atoms with van der Waals surface area (Å²) >= 11 is 0. The standard InChI is InChI=1S/C10H7F2NO4.ClH/c11-10(12)16-7-2-1-5(3-8(7)17-10)6-4-15-9(14)13-6;/h1-3,6H,4H2,(H,13,14);1H/t6-;/m0./s1. The van der Waals surface area contributed by atoms with Gasteiger partial charge >= 0.3 is 12.4 Å². The number of halogens is 3. The summed E-state index contributed by atoms with van der Waals surface area (Å²) in [4.78, 5) is 10.9. The third-order valence-electron chi connectivity index (χ3n) is 2.50. The summed E-state index contributed by atoms with van der Waals surface area (Å²) < 4.78 is 38.8. The Kier molecular flexibility index (Phi) is 2.94. The number of carbonyl (C=O) groups excluding carboxylic acids is 1. The Labute approximate surface area is 106 Å². The number of carbonyl (C=O) groups is 1. The number of cyclic esters (lactones) is 1. The number of nitrogens with one attached hydrogen (secondary N) is 1. The average Bonchev–Trinajstić information content (AvgIpc) is 2.78. The van der Waals surface area contributed by atoms with Crippen molar-refractivity contribution >= 4 is 18.5 Å². The lowest BCUT2D eigenvalue weighted by atomic mass is 10.1. The van der Waals surface area contributed by atoms with Crippen molar-refractivity contribution in [1.29, 1.82) is 0 Å². The van der Waals surface area contributed by atoms with E-state index in [0.29, 0.717) is 5.56 Å². The summed E-state index contributed by atoms with van der Waals surface area (Å²) in [6.07, 6.45) is -4.16. The molecule has 98 valence electrons. The van der Waals surface area contributed by atoms with Gasteiger partial charge in [-0.25, -0.2) is 4.79 Å². The molecule has 2 heterocycles. The molecule has 3 rings (SSSR count). The molecule has 0 unspecified atom stereocenters. The molecule has 2 aliphatic heterocycles. The quantitative estimate of drug-likeness (QED) is 0.856. The van der Waals surface area contributed by atoms with E-state index in [2.05, 4.69) is 14.8 Å². The van der Waals surface area contributed by atoms with Crippen molar-refractivity contribution in [3.8, 4) is 11.5 Å². The van der Waals surface area contributed by atoms with Crippen molar-refractivity contribution in [2.75, 3.05) is 6.61 Å². The molecule has 1 aromatic carbocycles. The van der Waals surface area contributed by atoms with Gasteiger partial charge < -0.3 is 19.5 Å². The van der Waals surface area contributed by atoms with Crippen LogP contribution in [0.25, 0.3) is 0 Å². The average molecular weight is 280 g/mol. The fourth-order valence-electron chi connectivity index (χ4n) is 1.75. The molecule has 1 amide bonds. The van der Waals surface area contributed by atoms with Crippen LogP contribution >= 0.6 is 12.4 Å². The molecule has 1 saturated heterocycles. The lowest BCUT2D eigenvalue weighted by Crippen LogP contribution is -2.26. The summed E-state index contributed by atoms with van der Waals surface area (Å²) in [5, 5.41) is 2.54. The normalized spacial score (nSPS) is 23.0. The Morgan fingerprint density at radius 1 is 1.28 bits per heavy atom. The molecule has 1 fully saturated rings.